The van der Waals surface area contributed by atoms with Crippen LogP contribution in [-0.4, -0.2) is 35.4 Å². The number of carbonyl (C=O) groups is 3. The van der Waals surface area contributed by atoms with Gasteiger partial charge in [-0.1, -0.05) is 12.1 Å². The highest BCUT2D eigenvalue weighted by Gasteiger charge is 2.26. The number of hydrogen-bond acceptors (Lipinski definition) is 4. The number of nitrogens with one attached hydrogen (secondary N) is 2. The quantitative estimate of drug-likeness (QED) is 0.646. The number of fused-ring (bicyclic) bond motifs is 1. The first kappa shape index (κ1) is 13.2. The molecule has 2 aliphatic heterocycles. The first-order valence-corrected chi connectivity index (χ1v) is 6.00. The van der Waals surface area contributed by atoms with E-state index >= 15 is 0 Å². The minimum absolute atomic E-state index is 0.269. The second-order valence-corrected chi connectivity index (χ2v) is 4.32. The topological polar surface area (TPSA) is 95.5 Å². The van der Waals surface area contributed by atoms with Crippen LogP contribution >= 0.6 is 0 Å². The van der Waals surface area contributed by atoms with Gasteiger partial charge in [-0.15, -0.1) is 0 Å². The van der Waals surface area contributed by atoms with E-state index < -0.39 is 17.7 Å². The molecule has 1 atom stereocenters. The maximum atomic E-state index is 11.0. The largest absolute Gasteiger partial charge is 0.480 e. The van der Waals surface area contributed by atoms with Crippen molar-refractivity contribution >= 4 is 23.3 Å². The van der Waals surface area contributed by atoms with Gasteiger partial charge < -0.3 is 15.7 Å². The Kier molecular flexibility index (Phi) is 3.91. The molecule has 6 heteroatoms. The van der Waals surface area contributed by atoms with Gasteiger partial charge in [0.1, 0.15) is 6.04 Å². The van der Waals surface area contributed by atoms with Crippen LogP contribution in [0.2, 0.25) is 0 Å². The van der Waals surface area contributed by atoms with Crippen LogP contribution < -0.4 is 10.6 Å². The minimum Gasteiger partial charge on any atom is -0.480 e. The van der Waals surface area contributed by atoms with E-state index in [0.29, 0.717) is 11.3 Å². The molecule has 0 aliphatic carbocycles. The second kappa shape index (κ2) is 5.62. The summed E-state index contributed by atoms with van der Waals surface area (Å²) in [7, 11) is 0. The van der Waals surface area contributed by atoms with E-state index in [1.165, 1.54) is 0 Å². The number of Topliss-reactive ketones (excluding diaryl/α,β-unsaturated/α-hetero) is 1. The summed E-state index contributed by atoms with van der Waals surface area (Å²) >= 11 is 0. The number of aliphatic carboxylic acids is 1. The lowest BCUT2D eigenvalue weighted by Gasteiger charge is -1.99. The van der Waals surface area contributed by atoms with Crippen LogP contribution in [0.25, 0.3) is 0 Å². The first-order chi connectivity index (χ1) is 9.09. The van der Waals surface area contributed by atoms with E-state index in [2.05, 4.69) is 10.6 Å². The van der Waals surface area contributed by atoms with Crippen LogP contribution in [-0.2, 0) is 9.59 Å². The molecule has 1 amide bonds. The smallest absolute Gasteiger partial charge is 0.320 e. The molecule has 2 aliphatic rings. The van der Waals surface area contributed by atoms with Crippen molar-refractivity contribution in [1.29, 1.82) is 0 Å². The molecule has 1 aromatic rings. The molecule has 100 valence electrons. The third kappa shape index (κ3) is 2.97. The highest BCUT2D eigenvalue weighted by Crippen LogP contribution is 2.21. The number of amides is 1. The number of para-hydroxylation sites is 1. The van der Waals surface area contributed by atoms with Crippen molar-refractivity contribution in [2.75, 3.05) is 11.9 Å². The highest BCUT2D eigenvalue weighted by molar-refractivity contribution is 6.51. The van der Waals surface area contributed by atoms with Gasteiger partial charge in [-0.3, -0.25) is 14.4 Å². The van der Waals surface area contributed by atoms with Crippen molar-refractivity contribution in [2.45, 2.75) is 18.9 Å². The third-order valence-electron chi connectivity index (χ3n) is 2.98. The molecule has 0 bridgehead atoms. The van der Waals surface area contributed by atoms with E-state index in [1.807, 2.05) is 0 Å². The number of benzene rings is 1. The molecule has 3 N–H and O–H groups in total. The minimum atomic E-state index is -0.720. The molecular formula is C13H14N2O4. The SMILES string of the molecule is O=C(O)C1CCCN1.O=C1Nc2ccccc2C1=O. The fourth-order valence-corrected chi connectivity index (χ4v) is 1.99. The van der Waals surface area contributed by atoms with Crippen LogP contribution in [0, 0.1) is 0 Å². The zero-order valence-corrected chi connectivity index (χ0v) is 10.2. The van der Waals surface area contributed by atoms with Crippen LogP contribution in [0.15, 0.2) is 24.3 Å². The maximum absolute atomic E-state index is 11.0. The Labute approximate surface area is 109 Å². The van der Waals surface area contributed by atoms with Gasteiger partial charge >= 0.3 is 5.97 Å². The van der Waals surface area contributed by atoms with Crippen LogP contribution in [0.3, 0.4) is 0 Å². The first-order valence-electron chi connectivity index (χ1n) is 6.00. The average molecular weight is 262 g/mol. The molecular weight excluding hydrogens is 248 g/mol. The number of rotatable bonds is 1. The number of carbonyl (C=O) groups excluding carboxylic acids is 2. The number of hydrogen-bond donors (Lipinski definition) is 3. The number of ketones is 1. The molecule has 1 aromatic carbocycles. The number of carboxylic acids is 1. The molecule has 2 heterocycles. The third-order valence-corrected chi connectivity index (χ3v) is 2.98. The van der Waals surface area contributed by atoms with Gasteiger partial charge in [-0.2, -0.15) is 0 Å². The number of anilines is 1. The van der Waals surface area contributed by atoms with Gasteiger partial charge in [-0.25, -0.2) is 0 Å². The van der Waals surface area contributed by atoms with Gasteiger partial charge in [0, 0.05) is 0 Å². The van der Waals surface area contributed by atoms with Crippen LogP contribution in [0.5, 0.6) is 0 Å². The van der Waals surface area contributed by atoms with E-state index in [-0.39, 0.29) is 6.04 Å². The Bertz CT molecular complexity index is 521. The molecule has 0 saturated carbocycles. The summed E-state index contributed by atoms with van der Waals surface area (Å²) in [5.74, 6) is -1.70. The summed E-state index contributed by atoms with van der Waals surface area (Å²) in [6.45, 7) is 0.858. The van der Waals surface area contributed by atoms with Gasteiger partial charge in [0.25, 0.3) is 11.7 Å². The molecule has 1 unspecified atom stereocenters. The molecule has 3 rings (SSSR count). The van der Waals surface area contributed by atoms with Gasteiger partial charge in [0.05, 0.1) is 11.3 Å². The second-order valence-electron chi connectivity index (χ2n) is 4.32. The normalized spacial score (nSPS) is 20.3. The summed E-state index contributed by atoms with van der Waals surface area (Å²) in [4.78, 5) is 31.9. The van der Waals surface area contributed by atoms with Gasteiger partial charge in [0.15, 0.2) is 0 Å². The van der Waals surface area contributed by atoms with Crippen LogP contribution in [0.1, 0.15) is 23.2 Å². The van der Waals surface area contributed by atoms with E-state index in [0.717, 1.165) is 19.4 Å². The van der Waals surface area contributed by atoms with E-state index in [4.69, 9.17) is 5.11 Å². The van der Waals surface area contributed by atoms with Crippen molar-refractivity contribution in [3.63, 3.8) is 0 Å². The van der Waals surface area contributed by atoms with Crippen molar-refractivity contribution in [3.05, 3.63) is 29.8 Å². The van der Waals surface area contributed by atoms with Crippen molar-refractivity contribution in [3.8, 4) is 0 Å². The Morgan fingerprint density at radius 3 is 2.53 bits per heavy atom. The van der Waals surface area contributed by atoms with Gasteiger partial charge in [0.2, 0.25) is 0 Å². The monoisotopic (exact) mass is 262 g/mol. The van der Waals surface area contributed by atoms with Crippen molar-refractivity contribution in [2.24, 2.45) is 0 Å². The van der Waals surface area contributed by atoms with Crippen molar-refractivity contribution < 1.29 is 19.5 Å². The predicted octanol–water partition coefficient (Wildman–Crippen LogP) is 0.644. The molecule has 1 fully saturated rings. The molecule has 0 radical (unpaired) electrons. The Balaban J connectivity index is 0.000000148. The molecule has 6 nitrogen and oxygen atoms in total. The Morgan fingerprint density at radius 2 is 2.00 bits per heavy atom. The van der Waals surface area contributed by atoms with Crippen LogP contribution in [0.4, 0.5) is 5.69 Å². The van der Waals surface area contributed by atoms with E-state index in [9.17, 15) is 14.4 Å². The fraction of sp³-hybridized carbons (Fsp3) is 0.308. The molecule has 0 aromatic heterocycles. The zero-order valence-electron chi connectivity index (χ0n) is 10.2. The van der Waals surface area contributed by atoms with Gasteiger partial charge in [-0.05, 0) is 31.5 Å². The molecule has 1 saturated heterocycles. The lowest BCUT2D eigenvalue weighted by molar-refractivity contribution is -0.139. The van der Waals surface area contributed by atoms with Crippen molar-refractivity contribution in [1.82, 2.24) is 5.32 Å². The standard InChI is InChI=1S/C8H5NO2.C5H9NO2/c10-7-5-3-1-2-4-6(5)9-8(7)11;7-5(8)4-2-1-3-6-4/h1-4H,(H,9,10,11);4,6H,1-3H2,(H,7,8). The Morgan fingerprint density at radius 1 is 1.26 bits per heavy atom. The fourth-order valence-electron chi connectivity index (χ4n) is 1.99. The summed E-state index contributed by atoms with van der Waals surface area (Å²) < 4.78 is 0. The lowest BCUT2D eigenvalue weighted by Crippen LogP contribution is -2.29. The summed E-state index contributed by atoms with van der Waals surface area (Å²) in [5.41, 5.74) is 1.08. The average Bonchev–Trinajstić information content (AvgIpc) is 3.01. The Hall–Kier alpha value is -2.21. The molecule has 19 heavy (non-hydrogen) atoms. The summed E-state index contributed by atoms with van der Waals surface area (Å²) in [6.07, 6.45) is 1.78. The summed E-state index contributed by atoms with van der Waals surface area (Å²) in [5, 5.41) is 13.7. The maximum Gasteiger partial charge on any atom is 0.320 e. The predicted molar refractivity (Wildman–Crippen MR) is 68.1 cm³/mol. The number of carboxylic acid groups (broad SMARTS) is 1. The zero-order chi connectivity index (χ0) is 13.8. The van der Waals surface area contributed by atoms with E-state index in [1.54, 1.807) is 24.3 Å². The lowest BCUT2D eigenvalue weighted by atomic mass is 10.1. The molecule has 0 spiro atoms. The highest BCUT2D eigenvalue weighted by atomic mass is 16.4. The summed E-state index contributed by atoms with van der Waals surface area (Å²) in [6, 6.07) is 6.58.